The van der Waals surface area contributed by atoms with E-state index >= 15 is 0 Å². The first-order chi connectivity index (χ1) is 9.70. The fourth-order valence-corrected chi connectivity index (χ4v) is 3.17. The summed E-state index contributed by atoms with van der Waals surface area (Å²) in [6.07, 6.45) is 4.35. The van der Waals surface area contributed by atoms with E-state index in [1.165, 1.54) is 12.8 Å². The molecule has 0 aromatic heterocycles. The molecule has 112 valence electrons. The number of ether oxygens (including phenoxy) is 3. The molecule has 1 aromatic rings. The van der Waals surface area contributed by atoms with Crippen LogP contribution in [0.1, 0.15) is 37.3 Å². The average molecular weight is 280 g/mol. The lowest BCUT2D eigenvalue weighted by Gasteiger charge is -2.36. The molecule has 2 rings (SSSR count). The van der Waals surface area contributed by atoms with Crippen LogP contribution in [0.25, 0.3) is 0 Å². The Morgan fingerprint density at radius 1 is 1.10 bits per heavy atom. The number of hydrazine groups is 1. The van der Waals surface area contributed by atoms with Gasteiger partial charge in [0.25, 0.3) is 0 Å². The molecule has 0 bridgehead atoms. The zero-order valence-electron chi connectivity index (χ0n) is 12.4. The molecule has 1 fully saturated rings. The van der Waals surface area contributed by atoms with Gasteiger partial charge >= 0.3 is 0 Å². The molecule has 1 aliphatic rings. The maximum Gasteiger partial charge on any atom is 0.161 e. The predicted molar refractivity (Wildman–Crippen MR) is 77.8 cm³/mol. The summed E-state index contributed by atoms with van der Waals surface area (Å²) < 4.78 is 16.5. The van der Waals surface area contributed by atoms with Crippen LogP contribution >= 0.6 is 0 Å². The molecule has 1 aliphatic carbocycles. The third-order valence-electron chi connectivity index (χ3n) is 4.29. The second-order valence-electron chi connectivity index (χ2n) is 5.19. The summed E-state index contributed by atoms with van der Waals surface area (Å²) in [6, 6.07) is 5.80. The zero-order chi connectivity index (χ0) is 14.6. The Morgan fingerprint density at radius 2 is 1.75 bits per heavy atom. The van der Waals surface area contributed by atoms with Crippen molar-refractivity contribution in [3.8, 4) is 11.5 Å². The molecule has 0 aliphatic heterocycles. The normalized spacial score (nSPS) is 18.8. The predicted octanol–water partition coefficient (Wildman–Crippen LogP) is 2.17. The summed E-state index contributed by atoms with van der Waals surface area (Å²) in [5.74, 6) is 7.22. The van der Waals surface area contributed by atoms with Crippen molar-refractivity contribution in [3.63, 3.8) is 0 Å². The Morgan fingerprint density at radius 3 is 2.25 bits per heavy atom. The number of hydrogen-bond donors (Lipinski definition) is 2. The van der Waals surface area contributed by atoms with Gasteiger partial charge in [0.1, 0.15) is 0 Å². The van der Waals surface area contributed by atoms with E-state index in [0.29, 0.717) is 11.5 Å². The molecule has 0 amide bonds. The smallest absolute Gasteiger partial charge is 0.161 e. The van der Waals surface area contributed by atoms with Crippen molar-refractivity contribution in [1.82, 2.24) is 5.43 Å². The second-order valence-corrected chi connectivity index (χ2v) is 5.19. The lowest BCUT2D eigenvalue weighted by molar-refractivity contribution is -0.0369. The third-order valence-corrected chi connectivity index (χ3v) is 4.29. The Kier molecular flexibility index (Phi) is 4.86. The standard InChI is InChI=1S/C15H24N2O3/c1-18-12-7-6-11(10-13(12)19-2)14(17-16)15(20-3)8-4-5-9-15/h6-7,10,14,17H,4-5,8-9,16H2,1-3H3. The van der Waals surface area contributed by atoms with Gasteiger partial charge in [0.2, 0.25) is 0 Å². The molecule has 3 N–H and O–H groups in total. The lowest BCUT2D eigenvalue weighted by atomic mass is 9.87. The van der Waals surface area contributed by atoms with E-state index in [4.69, 9.17) is 20.1 Å². The Balaban J connectivity index is 2.36. The van der Waals surface area contributed by atoms with Gasteiger partial charge in [-0.25, -0.2) is 0 Å². The molecule has 0 saturated heterocycles. The number of nitrogens with two attached hydrogens (primary N) is 1. The molecule has 0 spiro atoms. The summed E-state index contributed by atoms with van der Waals surface area (Å²) >= 11 is 0. The minimum atomic E-state index is -0.242. The van der Waals surface area contributed by atoms with Crippen molar-refractivity contribution in [1.29, 1.82) is 0 Å². The van der Waals surface area contributed by atoms with Crippen LogP contribution in [0.3, 0.4) is 0 Å². The van der Waals surface area contributed by atoms with Gasteiger partial charge in [0.15, 0.2) is 11.5 Å². The van der Waals surface area contributed by atoms with Gasteiger partial charge in [0, 0.05) is 7.11 Å². The summed E-state index contributed by atoms with van der Waals surface area (Å²) in [6.45, 7) is 0. The van der Waals surface area contributed by atoms with E-state index in [1.54, 1.807) is 21.3 Å². The van der Waals surface area contributed by atoms with Crippen molar-refractivity contribution >= 4 is 0 Å². The largest absolute Gasteiger partial charge is 0.493 e. The number of hydrogen-bond acceptors (Lipinski definition) is 5. The quantitative estimate of drug-likeness (QED) is 0.617. The minimum Gasteiger partial charge on any atom is -0.493 e. The monoisotopic (exact) mass is 280 g/mol. The third kappa shape index (κ3) is 2.61. The summed E-state index contributed by atoms with van der Waals surface area (Å²) in [7, 11) is 5.02. The first-order valence-electron chi connectivity index (χ1n) is 6.94. The van der Waals surface area contributed by atoms with Crippen molar-refractivity contribution in [2.24, 2.45) is 5.84 Å². The molecule has 1 unspecified atom stereocenters. The fraction of sp³-hybridized carbons (Fsp3) is 0.600. The highest BCUT2D eigenvalue weighted by atomic mass is 16.5. The number of rotatable bonds is 6. The van der Waals surface area contributed by atoms with Crippen LogP contribution in [0, 0.1) is 0 Å². The molecular formula is C15H24N2O3. The summed E-state index contributed by atoms with van der Waals surface area (Å²) in [5, 5.41) is 0. The number of benzene rings is 1. The first-order valence-corrected chi connectivity index (χ1v) is 6.94. The van der Waals surface area contributed by atoms with E-state index in [1.807, 2.05) is 18.2 Å². The van der Waals surface area contributed by atoms with Gasteiger partial charge < -0.3 is 14.2 Å². The van der Waals surface area contributed by atoms with E-state index in [2.05, 4.69) is 5.43 Å². The Hall–Kier alpha value is -1.30. The number of methoxy groups -OCH3 is 3. The molecule has 5 nitrogen and oxygen atoms in total. The van der Waals surface area contributed by atoms with E-state index < -0.39 is 0 Å². The van der Waals surface area contributed by atoms with Crippen LogP contribution in [0.4, 0.5) is 0 Å². The SMILES string of the molecule is COc1ccc(C(NN)C2(OC)CCCC2)cc1OC. The average Bonchev–Trinajstić information content (AvgIpc) is 2.97. The van der Waals surface area contributed by atoms with Gasteiger partial charge in [-0.1, -0.05) is 18.9 Å². The Bertz CT molecular complexity index is 445. The molecular weight excluding hydrogens is 256 g/mol. The maximum atomic E-state index is 5.82. The van der Waals surface area contributed by atoms with Crippen LogP contribution in [-0.4, -0.2) is 26.9 Å². The van der Waals surface area contributed by atoms with Gasteiger partial charge in [-0.15, -0.1) is 0 Å². The van der Waals surface area contributed by atoms with Crippen LogP contribution in [0.5, 0.6) is 11.5 Å². The van der Waals surface area contributed by atoms with Crippen molar-refractivity contribution in [2.75, 3.05) is 21.3 Å². The van der Waals surface area contributed by atoms with Crippen LogP contribution in [0.2, 0.25) is 0 Å². The van der Waals surface area contributed by atoms with E-state index in [-0.39, 0.29) is 11.6 Å². The van der Waals surface area contributed by atoms with Crippen molar-refractivity contribution < 1.29 is 14.2 Å². The van der Waals surface area contributed by atoms with E-state index in [9.17, 15) is 0 Å². The molecule has 5 heteroatoms. The van der Waals surface area contributed by atoms with Crippen molar-refractivity contribution in [3.05, 3.63) is 23.8 Å². The van der Waals surface area contributed by atoms with Gasteiger partial charge in [0.05, 0.1) is 25.9 Å². The van der Waals surface area contributed by atoms with E-state index in [0.717, 1.165) is 18.4 Å². The second kappa shape index (κ2) is 6.43. The molecule has 1 atom stereocenters. The molecule has 1 saturated carbocycles. The molecule has 0 heterocycles. The Labute approximate surface area is 120 Å². The summed E-state index contributed by atoms with van der Waals surface area (Å²) in [4.78, 5) is 0. The van der Waals surface area contributed by atoms with Crippen molar-refractivity contribution in [2.45, 2.75) is 37.3 Å². The molecule has 20 heavy (non-hydrogen) atoms. The van der Waals surface area contributed by atoms with Gasteiger partial charge in [-0.2, -0.15) is 0 Å². The number of nitrogens with one attached hydrogen (secondary N) is 1. The van der Waals surface area contributed by atoms with Gasteiger partial charge in [-0.3, -0.25) is 11.3 Å². The highest BCUT2D eigenvalue weighted by Crippen LogP contribution is 2.43. The first kappa shape index (κ1) is 15.1. The summed E-state index contributed by atoms with van der Waals surface area (Å²) in [5.41, 5.74) is 3.73. The topological polar surface area (TPSA) is 65.7 Å². The van der Waals surface area contributed by atoms with Crippen LogP contribution < -0.4 is 20.7 Å². The highest BCUT2D eigenvalue weighted by molar-refractivity contribution is 5.44. The maximum absolute atomic E-state index is 5.82. The van der Waals surface area contributed by atoms with Gasteiger partial charge in [-0.05, 0) is 30.5 Å². The highest BCUT2D eigenvalue weighted by Gasteiger charge is 2.42. The van der Waals surface area contributed by atoms with Crippen LogP contribution in [0.15, 0.2) is 18.2 Å². The zero-order valence-corrected chi connectivity index (χ0v) is 12.4. The molecule has 1 aromatic carbocycles. The van der Waals surface area contributed by atoms with Crippen LogP contribution in [-0.2, 0) is 4.74 Å². The lowest BCUT2D eigenvalue weighted by Crippen LogP contribution is -2.46. The minimum absolute atomic E-state index is 0.0604. The fourth-order valence-electron chi connectivity index (χ4n) is 3.17. The molecule has 0 radical (unpaired) electrons.